The van der Waals surface area contributed by atoms with E-state index in [-0.39, 0.29) is 24.0 Å². The smallest absolute Gasteiger partial charge is 0.408 e. The molecule has 0 unspecified atom stereocenters. The normalized spacial score (nSPS) is 23.1. The van der Waals surface area contributed by atoms with E-state index in [1.165, 1.54) is 0 Å². The number of alkyl carbamates (subject to hydrolysis) is 1. The van der Waals surface area contributed by atoms with Crippen LogP contribution in [0.25, 0.3) is 0 Å². The second-order valence-corrected chi connectivity index (χ2v) is 8.42. The maximum absolute atomic E-state index is 12.1. The van der Waals surface area contributed by atoms with Gasteiger partial charge in [0.25, 0.3) is 0 Å². The van der Waals surface area contributed by atoms with Gasteiger partial charge in [-0.2, -0.15) is 0 Å². The van der Waals surface area contributed by atoms with E-state index in [4.69, 9.17) is 9.47 Å². The SMILES string of the molecule is CC(C)C[C@@H]1C[C@@H]([C@H](CC(C)C)NC(=O)OC(C)(C)C)OC1=O. The molecule has 1 fully saturated rings. The van der Waals surface area contributed by atoms with E-state index >= 15 is 0 Å². The molecule has 23 heavy (non-hydrogen) atoms. The highest BCUT2D eigenvalue weighted by Crippen LogP contribution is 2.30. The van der Waals surface area contributed by atoms with E-state index in [1.807, 2.05) is 20.8 Å². The molecule has 1 N–H and O–H groups in total. The number of carbonyl (C=O) groups is 2. The molecule has 1 heterocycles. The maximum atomic E-state index is 12.1. The number of cyclic esters (lactones) is 1. The van der Waals surface area contributed by atoms with Crippen LogP contribution in [0.3, 0.4) is 0 Å². The Balaban J connectivity index is 2.71. The monoisotopic (exact) mass is 327 g/mol. The fourth-order valence-electron chi connectivity index (χ4n) is 2.95. The first-order valence-corrected chi connectivity index (χ1v) is 8.68. The highest BCUT2D eigenvalue weighted by Gasteiger charge is 2.40. The van der Waals surface area contributed by atoms with Gasteiger partial charge in [-0.25, -0.2) is 4.79 Å². The van der Waals surface area contributed by atoms with Crippen molar-refractivity contribution in [3.63, 3.8) is 0 Å². The summed E-state index contributed by atoms with van der Waals surface area (Å²) in [4.78, 5) is 24.1. The predicted octanol–water partition coefficient (Wildman–Crippen LogP) is 3.90. The number of carbonyl (C=O) groups excluding carboxylic acids is 2. The van der Waals surface area contributed by atoms with Crippen LogP contribution in [-0.2, 0) is 14.3 Å². The van der Waals surface area contributed by atoms with Gasteiger partial charge in [-0.1, -0.05) is 27.7 Å². The highest BCUT2D eigenvalue weighted by atomic mass is 16.6. The average Bonchev–Trinajstić information content (AvgIpc) is 2.66. The topological polar surface area (TPSA) is 64.6 Å². The first-order valence-electron chi connectivity index (χ1n) is 8.68. The van der Waals surface area contributed by atoms with Gasteiger partial charge in [0.1, 0.15) is 11.7 Å². The van der Waals surface area contributed by atoms with Crippen molar-refractivity contribution < 1.29 is 19.1 Å². The van der Waals surface area contributed by atoms with Crippen molar-refractivity contribution in [3.05, 3.63) is 0 Å². The summed E-state index contributed by atoms with van der Waals surface area (Å²) in [6.45, 7) is 13.9. The molecule has 1 amide bonds. The molecular formula is C18H33NO4. The minimum Gasteiger partial charge on any atom is -0.460 e. The van der Waals surface area contributed by atoms with Crippen LogP contribution in [0.4, 0.5) is 4.79 Å². The van der Waals surface area contributed by atoms with Crippen molar-refractivity contribution in [1.29, 1.82) is 0 Å². The summed E-state index contributed by atoms with van der Waals surface area (Å²) in [7, 11) is 0. The summed E-state index contributed by atoms with van der Waals surface area (Å²) < 4.78 is 10.9. The molecule has 0 aromatic carbocycles. The predicted molar refractivity (Wildman–Crippen MR) is 90.1 cm³/mol. The third kappa shape index (κ3) is 7.23. The van der Waals surface area contributed by atoms with Crippen LogP contribution in [0.15, 0.2) is 0 Å². The van der Waals surface area contributed by atoms with E-state index in [2.05, 4.69) is 33.0 Å². The van der Waals surface area contributed by atoms with Crippen LogP contribution in [0, 0.1) is 17.8 Å². The Bertz CT molecular complexity index is 412. The Labute approximate surface area is 140 Å². The largest absolute Gasteiger partial charge is 0.460 e. The van der Waals surface area contributed by atoms with Crippen LogP contribution < -0.4 is 5.32 Å². The third-order valence-electron chi connectivity index (χ3n) is 3.75. The molecule has 1 aliphatic heterocycles. The van der Waals surface area contributed by atoms with Gasteiger partial charge in [0.05, 0.1) is 12.0 Å². The summed E-state index contributed by atoms with van der Waals surface area (Å²) in [6.07, 6.45) is 1.54. The van der Waals surface area contributed by atoms with Gasteiger partial charge in [-0.15, -0.1) is 0 Å². The van der Waals surface area contributed by atoms with Gasteiger partial charge in [0.2, 0.25) is 0 Å². The van der Waals surface area contributed by atoms with Crippen molar-refractivity contribution in [1.82, 2.24) is 5.32 Å². The van der Waals surface area contributed by atoms with Crippen LogP contribution >= 0.6 is 0 Å². The summed E-state index contributed by atoms with van der Waals surface area (Å²) in [5, 5.41) is 2.90. The summed E-state index contributed by atoms with van der Waals surface area (Å²) in [5.41, 5.74) is -0.543. The zero-order valence-electron chi connectivity index (χ0n) is 15.6. The van der Waals surface area contributed by atoms with E-state index in [0.29, 0.717) is 18.3 Å². The van der Waals surface area contributed by atoms with Gasteiger partial charge in [-0.3, -0.25) is 4.79 Å². The molecule has 0 spiro atoms. The van der Waals surface area contributed by atoms with Gasteiger partial charge in [0, 0.05) is 0 Å². The minimum atomic E-state index is -0.543. The summed E-state index contributed by atoms with van der Waals surface area (Å²) >= 11 is 0. The molecule has 0 radical (unpaired) electrons. The van der Waals surface area contributed by atoms with Crippen molar-refractivity contribution in [2.45, 2.75) is 85.5 Å². The molecule has 0 saturated carbocycles. The Kier molecular flexibility index (Phi) is 6.90. The van der Waals surface area contributed by atoms with Crippen molar-refractivity contribution in [2.24, 2.45) is 17.8 Å². The van der Waals surface area contributed by atoms with E-state index in [9.17, 15) is 9.59 Å². The molecule has 1 aliphatic rings. The molecule has 5 nitrogen and oxygen atoms in total. The standard InChI is InChI=1S/C18H33NO4/c1-11(2)8-13-10-15(22-16(13)20)14(9-12(3)4)19-17(21)23-18(5,6)7/h11-15H,8-10H2,1-7H3,(H,19,21)/t13-,14+,15+/m1/s1. The van der Waals surface area contributed by atoms with Crippen molar-refractivity contribution in [2.75, 3.05) is 0 Å². The highest BCUT2D eigenvalue weighted by molar-refractivity contribution is 5.75. The first-order chi connectivity index (χ1) is 10.5. The molecule has 3 atom stereocenters. The number of rotatable bonds is 6. The minimum absolute atomic E-state index is 0.0601. The van der Waals surface area contributed by atoms with Crippen LogP contribution in [0.2, 0.25) is 0 Å². The van der Waals surface area contributed by atoms with E-state index in [1.54, 1.807) is 0 Å². The van der Waals surface area contributed by atoms with E-state index in [0.717, 1.165) is 12.8 Å². The Morgan fingerprint density at radius 2 is 1.87 bits per heavy atom. The molecule has 1 rings (SSSR count). The molecule has 134 valence electrons. The molecule has 5 heteroatoms. The summed E-state index contributed by atoms with van der Waals surface area (Å²) in [6, 6.07) is -0.203. The zero-order chi connectivity index (χ0) is 17.8. The Hall–Kier alpha value is -1.26. The third-order valence-corrected chi connectivity index (χ3v) is 3.75. The molecule has 0 aliphatic carbocycles. The number of hydrogen-bond acceptors (Lipinski definition) is 4. The molecule has 0 aromatic rings. The summed E-state index contributed by atoms with van der Waals surface area (Å²) in [5.74, 6) is 0.644. The van der Waals surface area contributed by atoms with Gasteiger partial charge in [0.15, 0.2) is 0 Å². The van der Waals surface area contributed by atoms with Crippen molar-refractivity contribution in [3.8, 4) is 0 Å². The van der Waals surface area contributed by atoms with E-state index < -0.39 is 11.7 Å². The lowest BCUT2D eigenvalue weighted by atomic mass is 9.90. The number of ether oxygens (including phenoxy) is 2. The molecule has 0 bridgehead atoms. The number of amides is 1. The van der Waals surface area contributed by atoms with Gasteiger partial charge >= 0.3 is 12.1 Å². The molecule has 1 saturated heterocycles. The fraction of sp³-hybridized carbons (Fsp3) is 0.889. The second-order valence-electron chi connectivity index (χ2n) is 8.42. The lowest BCUT2D eigenvalue weighted by molar-refractivity contribution is -0.145. The number of esters is 1. The second kappa shape index (κ2) is 8.02. The van der Waals surface area contributed by atoms with Gasteiger partial charge in [-0.05, 0) is 51.9 Å². The number of nitrogens with one attached hydrogen (secondary N) is 1. The average molecular weight is 327 g/mol. The van der Waals surface area contributed by atoms with Crippen LogP contribution in [-0.4, -0.2) is 29.8 Å². The lowest BCUT2D eigenvalue weighted by Gasteiger charge is -2.27. The Morgan fingerprint density at radius 3 is 2.35 bits per heavy atom. The molecule has 0 aromatic heterocycles. The first kappa shape index (κ1) is 19.8. The van der Waals surface area contributed by atoms with Gasteiger partial charge < -0.3 is 14.8 Å². The fourth-order valence-corrected chi connectivity index (χ4v) is 2.95. The number of hydrogen-bond donors (Lipinski definition) is 1. The van der Waals surface area contributed by atoms with Crippen molar-refractivity contribution >= 4 is 12.1 Å². The zero-order valence-corrected chi connectivity index (χ0v) is 15.6. The maximum Gasteiger partial charge on any atom is 0.408 e. The van der Waals surface area contributed by atoms with Crippen LogP contribution in [0.5, 0.6) is 0 Å². The quantitative estimate of drug-likeness (QED) is 0.751. The molecular weight excluding hydrogens is 294 g/mol. The lowest BCUT2D eigenvalue weighted by Crippen LogP contribution is -2.46. The Morgan fingerprint density at radius 1 is 1.26 bits per heavy atom. The van der Waals surface area contributed by atoms with Crippen LogP contribution in [0.1, 0.15) is 67.7 Å².